The van der Waals surface area contributed by atoms with Crippen LogP contribution in [0.4, 0.5) is 0 Å². The van der Waals surface area contributed by atoms with Crippen LogP contribution in [0.15, 0.2) is 23.8 Å². The summed E-state index contributed by atoms with van der Waals surface area (Å²) in [6.45, 7) is 4.53. The Balaban J connectivity index is 3.12. The third-order valence-corrected chi connectivity index (χ3v) is 2.84. The second-order valence-electron chi connectivity index (χ2n) is 4.96. The van der Waals surface area contributed by atoms with Crippen LogP contribution in [-0.4, -0.2) is 40.7 Å². The molecule has 0 atom stereocenters. The monoisotopic (exact) mass is 324 g/mol. The quantitative estimate of drug-likeness (QED) is 0.354. The summed E-state index contributed by atoms with van der Waals surface area (Å²) in [5.41, 5.74) is 1.80. The van der Waals surface area contributed by atoms with E-state index < -0.39 is 0 Å². The van der Waals surface area contributed by atoms with Crippen molar-refractivity contribution in [2.24, 2.45) is 0 Å². The van der Waals surface area contributed by atoms with Gasteiger partial charge >= 0.3 is 0 Å². The molecule has 0 spiro atoms. The summed E-state index contributed by atoms with van der Waals surface area (Å²) in [4.78, 5) is 11.0. The van der Waals surface area contributed by atoms with Gasteiger partial charge < -0.3 is 28.5 Å². The minimum atomic E-state index is 0.0625. The van der Waals surface area contributed by atoms with Crippen molar-refractivity contribution in [1.82, 2.24) is 0 Å². The first-order chi connectivity index (χ1) is 11.1. The fourth-order valence-electron chi connectivity index (χ4n) is 1.77. The molecule has 0 heterocycles. The SMILES string of the molecule is COCOc1cc(OCC=C(C)C)c(CC=O)c(OCOC)c1. The molecule has 0 amide bonds. The van der Waals surface area contributed by atoms with Crippen LogP contribution in [0.1, 0.15) is 19.4 Å². The lowest BCUT2D eigenvalue weighted by Gasteiger charge is -2.16. The highest BCUT2D eigenvalue weighted by Crippen LogP contribution is 2.34. The van der Waals surface area contributed by atoms with Crippen LogP contribution in [0.2, 0.25) is 0 Å². The lowest BCUT2D eigenvalue weighted by atomic mass is 10.1. The Bertz CT molecular complexity index is 520. The van der Waals surface area contributed by atoms with E-state index in [0.717, 1.165) is 11.9 Å². The molecule has 1 aromatic carbocycles. The molecule has 0 radical (unpaired) electrons. The Morgan fingerprint density at radius 1 is 1.00 bits per heavy atom. The summed E-state index contributed by atoms with van der Waals surface area (Å²) in [7, 11) is 3.06. The van der Waals surface area contributed by atoms with E-state index >= 15 is 0 Å². The van der Waals surface area contributed by atoms with Gasteiger partial charge in [-0.3, -0.25) is 0 Å². The van der Waals surface area contributed by atoms with Crippen molar-refractivity contribution < 1.29 is 28.5 Å². The fraction of sp³-hybridized carbons (Fsp3) is 0.471. The van der Waals surface area contributed by atoms with Gasteiger partial charge in [-0.05, 0) is 19.9 Å². The molecule has 0 aliphatic carbocycles. The van der Waals surface area contributed by atoms with Gasteiger partial charge in [-0.1, -0.05) is 5.57 Å². The first-order valence-electron chi connectivity index (χ1n) is 7.22. The number of allylic oxidation sites excluding steroid dienone is 1. The smallest absolute Gasteiger partial charge is 0.188 e. The van der Waals surface area contributed by atoms with Crippen molar-refractivity contribution in [3.05, 3.63) is 29.3 Å². The molecule has 0 saturated heterocycles. The van der Waals surface area contributed by atoms with Crippen molar-refractivity contribution in [2.45, 2.75) is 20.3 Å². The van der Waals surface area contributed by atoms with Gasteiger partial charge in [0, 0.05) is 38.3 Å². The largest absolute Gasteiger partial charge is 0.489 e. The Labute approximate surface area is 136 Å². The molecule has 6 nitrogen and oxygen atoms in total. The van der Waals surface area contributed by atoms with Gasteiger partial charge in [-0.15, -0.1) is 0 Å². The van der Waals surface area contributed by atoms with Gasteiger partial charge in [-0.25, -0.2) is 0 Å². The maximum atomic E-state index is 11.0. The summed E-state index contributed by atoms with van der Waals surface area (Å²) < 4.78 is 26.6. The molecule has 0 aromatic heterocycles. The highest BCUT2D eigenvalue weighted by atomic mass is 16.7. The molecule has 1 rings (SSSR count). The average Bonchev–Trinajstić information content (AvgIpc) is 2.52. The Kier molecular flexibility index (Phi) is 8.79. The van der Waals surface area contributed by atoms with Crippen molar-refractivity contribution >= 4 is 6.29 Å². The van der Waals surface area contributed by atoms with Gasteiger partial charge in [0.25, 0.3) is 0 Å². The third-order valence-electron chi connectivity index (χ3n) is 2.84. The molecular formula is C17H24O6. The summed E-state index contributed by atoms with van der Waals surface area (Å²) in [5, 5.41) is 0. The highest BCUT2D eigenvalue weighted by molar-refractivity contribution is 5.62. The van der Waals surface area contributed by atoms with Crippen molar-refractivity contribution in [3.8, 4) is 17.2 Å². The maximum Gasteiger partial charge on any atom is 0.188 e. The number of carbonyl (C=O) groups excluding carboxylic acids is 1. The predicted molar refractivity (Wildman–Crippen MR) is 86.1 cm³/mol. The zero-order chi connectivity index (χ0) is 17.1. The molecule has 23 heavy (non-hydrogen) atoms. The van der Waals surface area contributed by atoms with Crippen LogP contribution >= 0.6 is 0 Å². The summed E-state index contributed by atoms with van der Waals surface area (Å²) in [5.74, 6) is 1.55. The number of benzene rings is 1. The van der Waals surface area contributed by atoms with Crippen LogP contribution in [-0.2, 0) is 20.7 Å². The molecular weight excluding hydrogens is 300 g/mol. The number of hydrogen-bond acceptors (Lipinski definition) is 6. The second kappa shape index (κ2) is 10.6. The van der Waals surface area contributed by atoms with Gasteiger partial charge in [0.15, 0.2) is 13.6 Å². The minimum Gasteiger partial charge on any atom is -0.489 e. The van der Waals surface area contributed by atoms with E-state index in [-0.39, 0.29) is 20.0 Å². The van der Waals surface area contributed by atoms with Crippen molar-refractivity contribution in [3.63, 3.8) is 0 Å². The second-order valence-corrected chi connectivity index (χ2v) is 4.96. The van der Waals surface area contributed by atoms with E-state index in [1.54, 1.807) is 12.1 Å². The van der Waals surface area contributed by atoms with E-state index in [2.05, 4.69) is 0 Å². The Hall–Kier alpha value is -2.05. The molecule has 128 valence electrons. The molecule has 0 unspecified atom stereocenters. The van der Waals surface area contributed by atoms with Crippen molar-refractivity contribution in [2.75, 3.05) is 34.4 Å². The van der Waals surface area contributed by atoms with Crippen molar-refractivity contribution in [1.29, 1.82) is 0 Å². The molecule has 0 aliphatic rings. The van der Waals surface area contributed by atoms with E-state index in [9.17, 15) is 4.79 Å². The highest BCUT2D eigenvalue weighted by Gasteiger charge is 2.14. The first-order valence-corrected chi connectivity index (χ1v) is 7.22. The van der Waals surface area contributed by atoms with Gasteiger partial charge in [0.05, 0.1) is 0 Å². The summed E-state index contributed by atoms with van der Waals surface area (Å²) in [6, 6.07) is 3.40. The van der Waals surface area contributed by atoms with Crippen LogP contribution in [0.5, 0.6) is 17.2 Å². The molecule has 1 aromatic rings. The Morgan fingerprint density at radius 2 is 1.61 bits per heavy atom. The summed E-state index contributed by atoms with van der Waals surface area (Å²) in [6.07, 6.45) is 2.93. The first kappa shape index (κ1) is 19.0. The minimum absolute atomic E-state index is 0.0625. The lowest BCUT2D eigenvalue weighted by Crippen LogP contribution is -2.07. The number of aldehydes is 1. The van der Waals surface area contributed by atoms with Crippen LogP contribution < -0.4 is 14.2 Å². The molecule has 0 aliphatic heterocycles. The van der Waals surface area contributed by atoms with E-state index in [0.29, 0.717) is 29.4 Å². The predicted octanol–water partition coefficient (Wildman–Crippen LogP) is 2.74. The van der Waals surface area contributed by atoms with E-state index in [4.69, 9.17) is 23.7 Å². The number of rotatable bonds is 11. The zero-order valence-corrected chi connectivity index (χ0v) is 14.1. The van der Waals surface area contributed by atoms with Crippen LogP contribution in [0.25, 0.3) is 0 Å². The molecule has 0 saturated carbocycles. The number of ether oxygens (including phenoxy) is 5. The zero-order valence-electron chi connectivity index (χ0n) is 14.1. The van der Waals surface area contributed by atoms with Gasteiger partial charge in [-0.2, -0.15) is 0 Å². The van der Waals surface area contributed by atoms with Gasteiger partial charge in [0.1, 0.15) is 30.1 Å². The molecule has 0 fully saturated rings. The normalized spacial score (nSPS) is 10.1. The lowest BCUT2D eigenvalue weighted by molar-refractivity contribution is -0.107. The molecule has 6 heteroatoms. The molecule has 0 N–H and O–H groups in total. The maximum absolute atomic E-state index is 11.0. The third kappa shape index (κ3) is 6.71. The standard InChI is InChI=1S/C17H24O6/c1-13(2)6-8-21-16-9-14(22-11-19-3)10-17(23-12-20-4)15(16)5-7-18/h6-7,9-10H,5,8,11-12H2,1-4H3. The number of methoxy groups -OCH3 is 2. The fourth-order valence-corrected chi connectivity index (χ4v) is 1.77. The van der Waals surface area contributed by atoms with Crippen LogP contribution in [0.3, 0.4) is 0 Å². The molecule has 0 bridgehead atoms. The van der Waals surface area contributed by atoms with E-state index in [1.165, 1.54) is 14.2 Å². The topological polar surface area (TPSA) is 63.2 Å². The average molecular weight is 324 g/mol. The number of hydrogen-bond donors (Lipinski definition) is 0. The summed E-state index contributed by atoms with van der Waals surface area (Å²) >= 11 is 0. The number of carbonyl (C=O) groups is 1. The van der Waals surface area contributed by atoms with E-state index in [1.807, 2.05) is 19.9 Å². The van der Waals surface area contributed by atoms with Gasteiger partial charge in [0.2, 0.25) is 0 Å². The van der Waals surface area contributed by atoms with Crippen LogP contribution in [0, 0.1) is 0 Å². The Morgan fingerprint density at radius 3 is 2.17 bits per heavy atom.